The Balaban J connectivity index is 0.000000109. The molecule has 0 aromatic heterocycles. The molecule has 10 aliphatic heterocycles. The van der Waals surface area contributed by atoms with Crippen LogP contribution in [0.4, 0.5) is 11.4 Å². The number of ether oxygens (including phenoxy) is 2. The van der Waals surface area contributed by atoms with Crippen LogP contribution in [0.3, 0.4) is 0 Å². The van der Waals surface area contributed by atoms with Crippen molar-refractivity contribution in [3.63, 3.8) is 0 Å². The highest BCUT2D eigenvalue weighted by molar-refractivity contribution is 7.79. The third kappa shape index (κ3) is 4.30. The lowest BCUT2D eigenvalue weighted by Gasteiger charge is -2.58. The summed E-state index contributed by atoms with van der Waals surface area (Å²) in [6.07, 6.45) is 10.9. The molecule has 2 aromatic rings. The fourth-order valence-corrected chi connectivity index (χ4v) is 15.0. The van der Waals surface area contributed by atoms with Gasteiger partial charge in [0.05, 0.1) is 50.3 Å². The molecule has 2 saturated carbocycles. The third-order valence-corrected chi connectivity index (χ3v) is 16.4. The molecular weight excluding hydrogens is 721 g/mol. The van der Waals surface area contributed by atoms with Crippen molar-refractivity contribution in [3.05, 3.63) is 83.0 Å². The molecule has 2 aromatic carbocycles. The summed E-state index contributed by atoms with van der Waals surface area (Å²) in [4.78, 5) is 36.2. The van der Waals surface area contributed by atoms with E-state index in [1.165, 1.54) is 61.3 Å². The van der Waals surface area contributed by atoms with E-state index in [0.717, 1.165) is 13.1 Å². The van der Waals surface area contributed by atoms with Gasteiger partial charge in [-0.15, -0.1) is 0 Å². The number of hydrogen-bond donors (Lipinski definition) is 2. The topological polar surface area (TPSA) is 140 Å². The molecule has 12 unspecified atom stereocenters. The predicted molar refractivity (Wildman–Crippen MR) is 201 cm³/mol. The first-order chi connectivity index (χ1) is 26.6. The van der Waals surface area contributed by atoms with E-state index in [1.54, 1.807) is 11.1 Å². The number of anilines is 2. The van der Waals surface area contributed by atoms with Gasteiger partial charge in [-0.1, -0.05) is 59.7 Å². The van der Waals surface area contributed by atoms with Crippen molar-refractivity contribution < 1.29 is 36.6 Å². The molecule has 12 atom stereocenters. The fraction of sp³-hybridized carbons (Fsp3) is 0.571. The molecule has 6 saturated heterocycles. The number of rotatable bonds is 0. The molecular formula is C42H46N4O8S. The number of benzene rings is 2. The Hall–Kier alpha value is -3.43. The Bertz CT molecular complexity index is 2080. The van der Waals surface area contributed by atoms with Crippen LogP contribution < -0.4 is 9.80 Å². The summed E-state index contributed by atoms with van der Waals surface area (Å²) in [7, 11) is -4.67. The second kappa shape index (κ2) is 11.4. The molecule has 288 valence electrons. The Labute approximate surface area is 320 Å². The van der Waals surface area contributed by atoms with Crippen molar-refractivity contribution >= 4 is 33.6 Å². The van der Waals surface area contributed by atoms with Gasteiger partial charge in [0.1, 0.15) is 0 Å². The number of amides is 2. The number of piperidine rings is 4. The molecule has 13 heteroatoms. The van der Waals surface area contributed by atoms with Crippen LogP contribution in [-0.4, -0.2) is 115 Å². The molecule has 2 amide bonds. The van der Waals surface area contributed by atoms with Crippen LogP contribution in [-0.2, 0) is 40.3 Å². The van der Waals surface area contributed by atoms with E-state index in [2.05, 4.69) is 80.3 Å². The van der Waals surface area contributed by atoms with Crippen LogP contribution in [0.25, 0.3) is 0 Å². The summed E-state index contributed by atoms with van der Waals surface area (Å²) in [5.41, 5.74) is 8.71. The van der Waals surface area contributed by atoms with Crippen molar-refractivity contribution in [2.45, 2.75) is 85.7 Å². The van der Waals surface area contributed by atoms with E-state index < -0.39 is 10.4 Å². The fourth-order valence-electron chi connectivity index (χ4n) is 15.0. The summed E-state index contributed by atoms with van der Waals surface area (Å²) in [6.45, 7) is 5.94. The van der Waals surface area contributed by atoms with Gasteiger partial charge in [0.25, 0.3) is 0 Å². The predicted octanol–water partition coefficient (Wildman–Crippen LogP) is 3.53. The zero-order valence-electron chi connectivity index (χ0n) is 30.6. The number of carbonyl (C=O) groups is 2. The van der Waals surface area contributed by atoms with Gasteiger partial charge in [0, 0.05) is 59.2 Å². The molecule has 10 heterocycles. The number of para-hydroxylation sites is 2. The van der Waals surface area contributed by atoms with Gasteiger partial charge in [-0.05, 0) is 73.9 Å². The van der Waals surface area contributed by atoms with Gasteiger partial charge >= 0.3 is 10.4 Å². The maximum Gasteiger partial charge on any atom is 0.394 e. The maximum absolute atomic E-state index is 13.2. The van der Waals surface area contributed by atoms with Gasteiger partial charge in [-0.25, -0.2) is 0 Å². The average Bonchev–Trinajstić information content (AvgIpc) is 3.84. The highest BCUT2D eigenvalue weighted by atomic mass is 32.3. The highest BCUT2D eigenvalue weighted by Crippen LogP contribution is 2.67. The second-order valence-electron chi connectivity index (χ2n) is 18.0. The Morgan fingerprint density at radius 3 is 1.51 bits per heavy atom. The van der Waals surface area contributed by atoms with Crippen LogP contribution in [0.15, 0.2) is 71.8 Å². The Morgan fingerprint density at radius 2 is 1.07 bits per heavy atom. The van der Waals surface area contributed by atoms with E-state index in [0.29, 0.717) is 73.9 Å². The lowest BCUT2D eigenvalue weighted by Crippen LogP contribution is -2.69. The first-order valence-electron chi connectivity index (χ1n) is 20.2. The third-order valence-electron chi connectivity index (χ3n) is 16.4. The van der Waals surface area contributed by atoms with Gasteiger partial charge in [0.15, 0.2) is 0 Å². The lowest BCUT2D eigenvalue weighted by atomic mass is 9.53. The second-order valence-corrected chi connectivity index (χ2v) is 18.9. The van der Waals surface area contributed by atoms with E-state index in [-0.39, 0.29) is 34.9 Å². The van der Waals surface area contributed by atoms with E-state index in [4.69, 9.17) is 27.0 Å². The van der Waals surface area contributed by atoms with Crippen LogP contribution in [0.2, 0.25) is 0 Å². The van der Waals surface area contributed by atoms with E-state index in [9.17, 15) is 9.59 Å². The Kier molecular flexibility index (Phi) is 6.96. The average molecular weight is 767 g/mol. The first kappa shape index (κ1) is 33.7. The quantitative estimate of drug-likeness (QED) is 0.303. The maximum atomic E-state index is 13.2. The van der Waals surface area contributed by atoms with Crippen LogP contribution in [0, 0.1) is 23.7 Å². The van der Waals surface area contributed by atoms with Crippen LogP contribution in [0.1, 0.15) is 49.7 Å². The number of fused-ring (bicyclic) bond motifs is 4. The molecule has 12 nitrogen and oxygen atoms in total. The minimum Gasteiger partial charge on any atom is -0.373 e. The van der Waals surface area contributed by atoms with Gasteiger partial charge in [-0.3, -0.25) is 28.5 Å². The molecule has 12 aliphatic rings. The number of carbonyl (C=O) groups excluding carboxylic acids is 2. The summed E-state index contributed by atoms with van der Waals surface area (Å²) in [6, 6.07) is 19.3. The van der Waals surface area contributed by atoms with Gasteiger partial charge < -0.3 is 19.3 Å². The van der Waals surface area contributed by atoms with E-state index in [1.807, 2.05) is 0 Å². The minimum absolute atomic E-state index is 0.104. The van der Waals surface area contributed by atoms with Crippen LogP contribution in [0.5, 0.6) is 0 Å². The molecule has 14 rings (SSSR count). The van der Waals surface area contributed by atoms with Crippen molar-refractivity contribution in [1.82, 2.24) is 9.80 Å². The number of hydrogen-bond acceptors (Lipinski definition) is 8. The normalized spacial score (nSPS) is 42.8. The largest absolute Gasteiger partial charge is 0.394 e. The highest BCUT2D eigenvalue weighted by Gasteiger charge is 2.72. The monoisotopic (exact) mass is 766 g/mol. The van der Waals surface area contributed by atoms with Crippen molar-refractivity contribution in [2.24, 2.45) is 23.7 Å². The molecule has 8 fully saturated rings. The smallest absolute Gasteiger partial charge is 0.373 e. The Morgan fingerprint density at radius 1 is 0.655 bits per heavy atom. The van der Waals surface area contributed by atoms with Gasteiger partial charge in [-0.2, -0.15) is 8.42 Å². The standard InChI is InChI=1S/2C21H22N2O2.H2O4S/c2*24-18-10-16-19-13-9-17-21(6-7-22(17)11-12(13)5-8-25-16)14-3-1-2-4-15(14)23(18)20(19)21;1-5(2,3)4/h2*1-5,13,16-17,19-20H,6-11H2;(H2,1,2,3,4). The van der Waals surface area contributed by atoms with Crippen molar-refractivity contribution in [1.29, 1.82) is 0 Å². The molecule has 2 aliphatic carbocycles. The van der Waals surface area contributed by atoms with Gasteiger partial charge in [0.2, 0.25) is 11.8 Å². The van der Waals surface area contributed by atoms with Crippen molar-refractivity contribution in [3.8, 4) is 0 Å². The van der Waals surface area contributed by atoms with E-state index >= 15 is 0 Å². The summed E-state index contributed by atoms with van der Waals surface area (Å²) in [5, 5.41) is 0. The molecule has 2 spiro atoms. The zero-order valence-corrected chi connectivity index (χ0v) is 31.4. The number of nitrogens with zero attached hydrogens (tertiary/aromatic N) is 4. The SMILES string of the molecule is O=C1CC2OCC=C3CN4CCC56c7ccccc7N1C5C2C3CC46.O=C1CC2OCC=C3CN4CCC56c7ccccc7N1C5C2C3CC46.O=S(=O)(O)O. The zero-order chi connectivity index (χ0) is 37.2. The van der Waals surface area contributed by atoms with Crippen molar-refractivity contribution in [2.75, 3.05) is 49.2 Å². The lowest BCUT2D eigenvalue weighted by molar-refractivity contribution is -0.133. The summed E-state index contributed by atoms with van der Waals surface area (Å²) >= 11 is 0. The molecule has 2 N–H and O–H groups in total. The summed E-state index contributed by atoms with van der Waals surface area (Å²) in [5.74, 6) is 2.70. The first-order valence-corrected chi connectivity index (χ1v) is 21.6. The molecule has 55 heavy (non-hydrogen) atoms. The summed E-state index contributed by atoms with van der Waals surface area (Å²) < 4.78 is 44.1. The minimum atomic E-state index is -4.67. The molecule has 0 radical (unpaired) electrons. The van der Waals surface area contributed by atoms with Crippen LogP contribution >= 0.6 is 0 Å². The molecule has 4 bridgehead atoms.